The summed E-state index contributed by atoms with van der Waals surface area (Å²) < 4.78 is 0. The summed E-state index contributed by atoms with van der Waals surface area (Å²) in [6.45, 7) is 1.86. The normalized spacial score (nSPS) is 17.0. The maximum Gasteiger partial charge on any atom is 0.309 e. The van der Waals surface area contributed by atoms with Crippen molar-refractivity contribution in [2.75, 3.05) is 18.1 Å². The lowest BCUT2D eigenvalue weighted by molar-refractivity contribution is -0.385. The largest absolute Gasteiger partial charge is 0.309 e. The first kappa shape index (κ1) is 8.98. The molecule has 0 atom stereocenters. The summed E-state index contributed by atoms with van der Waals surface area (Å²) in [5, 5.41) is 16.4. The van der Waals surface area contributed by atoms with Crippen LogP contribution in [0.4, 0.5) is 5.69 Å². The Kier molecular flexibility index (Phi) is 2.34. The van der Waals surface area contributed by atoms with Gasteiger partial charge in [0.25, 0.3) is 0 Å². The molecular weight excluding hydrogens is 184 g/mol. The topological polar surface area (TPSA) is 64.2 Å². The summed E-state index contributed by atoms with van der Waals surface area (Å²) in [7, 11) is 0. The highest BCUT2D eigenvalue weighted by molar-refractivity contribution is 5.21. The maximum absolute atomic E-state index is 10.4. The molecule has 1 aromatic heterocycles. The third-order valence-corrected chi connectivity index (χ3v) is 2.39. The van der Waals surface area contributed by atoms with Crippen molar-refractivity contribution in [2.24, 2.45) is 0 Å². The fourth-order valence-electron chi connectivity index (χ4n) is 1.63. The Hall–Kier alpha value is -1.59. The smallest absolute Gasteiger partial charge is 0.297 e. The number of nitro groups is 1. The van der Waals surface area contributed by atoms with Crippen LogP contribution in [0.5, 0.6) is 0 Å². The van der Waals surface area contributed by atoms with E-state index >= 15 is 0 Å². The van der Waals surface area contributed by atoms with Gasteiger partial charge < -0.3 is 0 Å². The highest BCUT2D eigenvalue weighted by Crippen LogP contribution is 2.11. The minimum atomic E-state index is -0.423. The lowest BCUT2D eigenvalue weighted by Crippen LogP contribution is -2.39. The Balaban J connectivity index is 2.11. The Bertz CT molecular complexity index is 330. The highest BCUT2D eigenvalue weighted by Gasteiger charge is 2.15. The van der Waals surface area contributed by atoms with Crippen LogP contribution in [0.3, 0.4) is 0 Å². The van der Waals surface area contributed by atoms with Crippen molar-refractivity contribution >= 4 is 5.69 Å². The first-order valence-electron chi connectivity index (χ1n) is 4.71. The van der Waals surface area contributed by atoms with Gasteiger partial charge in [0.1, 0.15) is 12.4 Å². The van der Waals surface area contributed by atoms with E-state index in [0.717, 1.165) is 25.9 Å². The number of rotatable bonds is 2. The van der Waals surface area contributed by atoms with Crippen molar-refractivity contribution in [1.82, 2.24) is 9.89 Å². The van der Waals surface area contributed by atoms with Crippen LogP contribution in [-0.4, -0.2) is 27.9 Å². The van der Waals surface area contributed by atoms with Gasteiger partial charge in [-0.25, -0.2) is 0 Å². The Morgan fingerprint density at radius 2 is 2.07 bits per heavy atom. The molecule has 0 radical (unpaired) electrons. The van der Waals surface area contributed by atoms with Gasteiger partial charge in [-0.05, 0) is 19.3 Å². The first-order valence-corrected chi connectivity index (χ1v) is 4.71. The zero-order valence-electron chi connectivity index (χ0n) is 7.80. The van der Waals surface area contributed by atoms with E-state index < -0.39 is 4.92 Å². The zero-order valence-corrected chi connectivity index (χ0v) is 7.80. The molecule has 2 heterocycles. The van der Waals surface area contributed by atoms with Gasteiger partial charge in [-0.2, -0.15) is 9.89 Å². The van der Waals surface area contributed by atoms with Crippen LogP contribution in [0.15, 0.2) is 12.4 Å². The molecule has 0 amide bonds. The second kappa shape index (κ2) is 3.65. The molecular formula is C8H12N4O2. The average Bonchev–Trinajstić information content (AvgIpc) is 2.68. The van der Waals surface area contributed by atoms with E-state index in [1.807, 2.05) is 5.01 Å². The molecule has 0 aromatic carbocycles. The van der Waals surface area contributed by atoms with Crippen LogP contribution < -0.4 is 5.01 Å². The standard InChI is InChI=1S/C8H12N4O2/c13-12(14)8-6-9-11(7-8)10-4-2-1-3-5-10/h6-7H,1-5H2. The number of hydrogen-bond acceptors (Lipinski definition) is 4. The minimum Gasteiger partial charge on any atom is -0.297 e. The Morgan fingerprint density at radius 3 is 2.64 bits per heavy atom. The molecule has 1 fully saturated rings. The first-order chi connectivity index (χ1) is 6.77. The molecule has 1 aromatic rings. The lowest BCUT2D eigenvalue weighted by Gasteiger charge is -2.27. The molecule has 0 saturated carbocycles. The number of hydrogen-bond donors (Lipinski definition) is 0. The van der Waals surface area contributed by atoms with Gasteiger partial charge in [-0.3, -0.25) is 15.1 Å². The third-order valence-electron chi connectivity index (χ3n) is 2.39. The van der Waals surface area contributed by atoms with E-state index in [9.17, 15) is 10.1 Å². The molecule has 0 bridgehead atoms. The Labute approximate surface area is 81.2 Å². The number of piperidine rings is 1. The summed E-state index contributed by atoms with van der Waals surface area (Å²) in [5.41, 5.74) is 0.0515. The van der Waals surface area contributed by atoms with Gasteiger partial charge in [0.05, 0.1) is 4.92 Å². The molecule has 6 nitrogen and oxygen atoms in total. The van der Waals surface area contributed by atoms with E-state index in [0.29, 0.717) is 0 Å². The van der Waals surface area contributed by atoms with Crippen LogP contribution in [0, 0.1) is 10.1 Å². The summed E-state index contributed by atoms with van der Waals surface area (Å²) in [4.78, 5) is 11.6. The zero-order chi connectivity index (χ0) is 9.97. The molecule has 0 N–H and O–H groups in total. The monoisotopic (exact) mass is 196 g/mol. The molecule has 1 aliphatic heterocycles. The van der Waals surface area contributed by atoms with Crippen LogP contribution in [-0.2, 0) is 0 Å². The van der Waals surface area contributed by atoms with Gasteiger partial charge >= 0.3 is 5.69 Å². The van der Waals surface area contributed by atoms with E-state index in [-0.39, 0.29) is 5.69 Å². The summed E-state index contributed by atoms with van der Waals surface area (Å²) in [6.07, 6.45) is 6.25. The summed E-state index contributed by atoms with van der Waals surface area (Å²) >= 11 is 0. The lowest BCUT2D eigenvalue weighted by atomic mass is 10.2. The predicted octanol–water partition coefficient (Wildman–Crippen LogP) is 0.913. The van der Waals surface area contributed by atoms with Crippen molar-refractivity contribution in [3.8, 4) is 0 Å². The van der Waals surface area contributed by atoms with Crippen molar-refractivity contribution in [1.29, 1.82) is 0 Å². The number of nitrogens with zero attached hydrogens (tertiary/aromatic N) is 4. The van der Waals surface area contributed by atoms with E-state index in [1.165, 1.54) is 18.8 Å². The fourth-order valence-corrected chi connectivity index (χ4v) is 1.63. The van der Waals surface area contributed by atoms with Gasteiger partial charge in [0.15, 0.2) is 0 Å². The Morgan fingerprint density at radius 1 is 1.36 bits per heavy atom. The second-order valence-corrected chi connectivity index (χ2v) is 3.39. The molecule has 14 heavy (non-hydrogen) atoms. The van der Waals surface area contributed by atoms with Gasteiger partial charge in [-0.15, -0.1) is 0 Å². The minimum absolute atomic E-state index is 0.0515. The summed E-state index contributed by atoms with van der Waals surface area (Å²) in [6, 6.07) is 0. The van der Waals surface area contributed by atoms with E-state index in [1.54, 1.807) is 4.79 Å². The third kappa shape index (κ3) is 1.68. The van der Waals surface area contributed by atoms with E-state index in [4.69, 9.17) is 0 Å². The van der Waals surface area contributed by atoms with Gasteiger partial charge in [0, 0.05) is 13.1 Å². The molecule has 0 aliphatic carbocycles. The maximum atomic E-state index is 10.4. The van der Waals surface area contributed by atoms with Crippen LogP contribution in [0.2, 0.25) is 0 Å². The molecule has 0 spiro atoms. The molecule has 0 unspecified atom stereocenters. The molecule has 1 saturated heterocycles. The molecule has 2 rings (SSSR count). The van der Waals surface area contributed by atoms with Crippen LogP contribution in [0.25, 0.3) is 0 Å². The fraction of sp³-hybridized carbons (Fsp3) is 0.625. The van der Waals surface area contributed by atoms with Crippen molar-refractivity contribution < 1.29 is 4.92 Å². The molecule has 1 aliphatic rings. The van der Waals surface area contributed by atoms with Gasteiger partial charge in [-0.1, -0.05) is 0 Å². The van der Waals surface area contributed by atoms with Crippen molar-refractivity contribution in [3.63, 3.8) is 0 Å². The SMILES string of the molecule is O=[N+]([O-])c1cnn(N2CCCCC2)c1. The van der Waals surface area contributed by atoms with Gasteiger partial charge in [0.2, 0.25) is 0 Å². The number of aromatic nitrogens is 2. The molecule has 76 valence electrons. The molecule has 6 heteroatoms. The van der Waals surface area contributed by atoms with Crippen molar-refractivity contribution in [3.05, 3.63) is 22.5 Å². The van der Waals surface area contributed by atoms with E-state index in [2.05, 4.69) is 5.10 Å². The van der Waals surface area contributed by atoms with Crippen LogP contribution >= 0.6 is 0 Å². The van der Waals surface area contributed by atoms with Crippen LogP contribution in [0.1, 0.15) is 19.3 Å². The predicted molar refractivity (Wildman–Crippen MR) is 50.7 cm³/mol. The second-order valence-electron chi connectivity index (χ2n) is 3.39. The average molecular weight is 196 g/mol. The quantitative estimate of drug-likeness (QED) is 0.521. The highest BCUT2D eigenvalue weighted by atomic mass is 16.6. The van der Waals surface area contributed by atoms with Crippen molar-refractivity contribution in [2.45, 2.75) is 19.3 Å². The summed E-state index contributed by atoms with van der Waals surface area (Å²) in [5.74, 6) is 0.